The molecular formula is C17H18F2O. The van der Waals surface area contributed by atoms with E-state index in [0.717, 1.165) is 24.8 Å². The highest BCUT2D eigenvalue weighted by atomic mass is 19.1. The summed E-state index contributed by atoms with van der Waals surface area (Å²) in [6.45, 7) is 2.64. The van der Waals surface area contributed by atoms with Crippen molar-refractivity contribution in [3.8, 4) is 16.9 Å². The third-order valence-electron chi connectivity index (χ3n) is 3.11. The average Bonchev–Trinajstić information content (AvgIpc) is 2.46. The number of hydrogen-bond donors (Lipinski definition) is 0. The molecule has 2 aromatic carbocycles. The van der Waals surface area contributed by atoms with Crippen LogP contribution in [0.1, 0.15) is 26.2 Å². The van der Waals surface area contributed by atoms with Crippen LogP contribution in [0.25, 0.3) is 11.1 Å². The minimum Gasteiger partial charge on any atom is -0.491 e. The zero-order valence-electron chi connectivity index (χ0n) is 11.5. The van der Waals surface area contributed by atoms with Gasteiger partial charge in [0.25, 0.3) is 0 Å². The van der Waals surface area contributed by atoms with Crippen LogP contribution in [0.2, 0.25) is 0 Å². The van der Waals surface area contributed by atoms with Crippen LogP contribution in [0.4, 0.5) is 8.78 Å². The van der Waals surface area contributed by atoms with Crippen LogP contribution in [-0.2, 0) is 0 Å². The van der Waals surface area contributed by atoms with E-state index in [0.29, 0.717) is 12.2 Å². The van der Waals surface area contributed by atoms with Crippen molar-refractivity contribution in [2.45, 2.75) is 26.2 Å². The summed E-state index contributed by atoms with van der Waals surface area (Å²) in [6.07, 6.45) is 3.11. The first-order valence-corrected chi connectivity index (χ1v) is 6.89. The predicted octanol–water partition coefficient (Wildman–Crippen LogP) is 5.20. The van der Waals surface area contributed by atoms with Crippen LogP contribution < -0.4 is 4.74 Å². The van der Waals surface area contributed by atoms with Gasteiger partial charge in [0.15, 0.2) is 11.6 Å². The highest BCUT2D eigenvalue weighted by Crippen LogP contribution is 2.26. The molecule has 0 N–H and O–H groups in total. The maximum absolute atomic E-state index is 13.9. The lowest BCUT2D eigenvalue weighted by Crippen LogP contribution is -1.99. The molecule has 0 radical (unpaired) electrons. The number of ether oxygens (including phenoxy) is 1. The first-order chi connectivity index (χ1) is 9.70. The molecule has 1 nitrogen and oxygen atoms in total. The zero-order chi connectivity index (χ0) is 14.4. The van der Waals surface area contributed by atoms with E-state index in [1.54, 1.807) is 24.3 Å². The first kappa shape index (κ1) is 14.5. The molecule has 0 saturated carbocycles. The molecule has 3 heteroatoms. The Morgan fingerprint density at radius 3 is 2.25 bits per heavy atom. The van der Waals surface area contributed by atoms with Crippen molar-refractivity contribution in [3.63, 3.8) is 0 Å². The predicted molar refractivity (Wildman–Crippen MR) is 76.8 cm³/mol. The van der Waals surface area contributed by atoms with Gasteiger partial charge < -0.3 is 4.74 Å². The fourth-order valence-electron chi connectivity index (χ4n) is 1.97. The minimum absolute atomic E-state index is 0.270. The molecule has 2 rings (SSSR count). The Hall–Kier alpha value is -1.90. The van der Waals surface area contributed by atoms with E-state index in [1.165, 1.54) is 18.2 Å². The van der Waals surface area contributed by atoms with E-state index in [-0.39, 0.29) is 17.4 Å². The molecule has 0 spiro atoms. The normalized spacial score (nSPS) is 10.6. The van der Waals surface area contributed by atoms with Gasteiger partial charge in [0.2, 0.25) is 0 Å². The Morgan fingerprint density at radius 2 is 1.60 bits per heavy atom. The molecule has 2 aromatic rings. The number of halogens is 2. The minimum atomic E-state index is -0.386. The van der Waals surface area contributed by atoms with Gasteiger partial charge in [0.05, 0.1) is 6.61 Å². The van der Waals surface area contributed by atoms with Crippen LogP contribution in [0.3, 0.4) is 0 Å². The van der Waals surface area contributed by atoms with Gasteiger partial charge in [-0.15, -0.1) is 0 Å². The molecule has 0 bridgehead atoms. The third-order valence-corrected chi connectivity index (χ3v) is 3.11. The molecule has 0 fully saturated rings. The van der Waals surface area contributed by atoms with Gasteiger partial charge in [-0.05, 0) is 41.8 Å². The number of hydrogen-bond acceptors (Lipinski definition) is 1. The molecule has 0 aromatic heterocycles. The quantitative estimate of drug-likeness (QED) is 0.659. The van der Waals surface area contributed by atoms with Crippen LogP contribution in [0, 0.1) is 11.6 Å². The Morgan fingerprint density at radius 1 is 0.900 bits per heavy atom. The van der Waals surface area contributed by atoms with Gasteiger partial charge in [0.1, 0.15) is 5.82 Å². The summed E-state index contributed by atoms with van der Waals surface area (Å²) < 4.78 is 32.2. The lowest BCUT2D eigenvalue weighted by atomic mass is 10.1. The second-order valence-corrected chi connectivity index (χ2v) is 4.71. The smallest absolute Gasteiger partial charge is 0.165 e. The lowest BCUT2D eigenvalue weighted by molar-refractivity contribution is 0.291. The van der Waals surface area contributed by atoms with E-state index in [2.05, 4.69) is 6.92 Å². The Bertz CT molecular complexity index is 549. The maximum atomic E-state index is 13.9. The molecule has 0 aliphatic carbocycles. The molecule has 0 aliphatic heterocycles. The van der Waals surface area contributed by atoms with Crippen molar-refractivity contribution < 1.29 is 13.5 Å². The molecule has 0 unspecified atom stereocenters. The summed E-state index contributed by atoms with van der Waals surface area (Å²) in [7, 11) is 0. The molecule has 20 heavy (non-hydrogen) atoms. The van der Waals surface area contributed by atoms with Crippen molar-refractivity contribution in [1.29, 1.82) is 0 Å². The van der Waals surface area contributed by atoms with Gasteiger partial charge in [-0.2, -0.15) is 0 Å². The Balaban J connectivity index is 2.07. The molecule has 106 valence electrons. The summed E-state index contributed by atoms with van der Waals surface area (Å²) in [6, 6.07) is 10.8. The molecule has 0 aliphatic rings. The van der Waals surface area contributed by atoms with Crippen molar-refractivity contribution in [3.05, 3.63) is 54.1 Å². The Labute approximate surface area is 118 Å². The summed E-state index contributed by atoms with van der Waals surface area (Å²) >= 11 is 0. The largest absolute Gasteiger partial charge is 0.491 e. The topological polar surface area (TPSA) is 9.23 Å². The average molecular weight is 276 g/mol. The summed E-state index contributed by atoms with van der Waals surface area (Å²) in [4.78, 5) is 0. The number of rotatable bonds is 6. The van der Waals surface area contributed by atoms with Crippen molar-refractivity contribution in [1.82, 2.24) is 0 Å². The third kappa shape index (κ3) is 3.80. The highest BCUT2D eigenvalue weighted by molar-refractivity contribution is 5.64. The van der Waals surface area contributed by atoms with E-state index in [9.17, 15) is 8.78 Å². The van der Waals surface area contributed by atoms with E-state index in [1.807, 2.05) is 0 Å². The summed E-state index contributed by atoms with van der Waals surface area (Å²) in [5.41, 5.74) is 1.49. The fraction of sp³-hybridized carbons (Fsp3) is 0.294. The maximum Gasteiger partial charge on any atom is 0.165 e. The Kier molecular flexibility index (Phi) is 5.10. The molecule has 0 heterocycles. The summed E-state index contributed by atoms with van der Waals surface area (Å²) in [5.74, 6) is -0.416. The molecular weight excluding hydrogens is 258 g/mol. The zero-order valence-corrected chi connectivity index (χ0v) is 11.5. The van der Waals surface area contributed by atoms with Gasteiger partial charge in [0, 0.05) is 0 Å². The number of unbranched alkanes of at least 4 members (excludes halogenated alkanes) is 2. The van der Waals surface area contributed by atoms with Crippen LogP contribution in [0.5, 0.6) is 5.75 Å². The van der Waals surface area contributed by atoms with E-state index in [4.69, 9.17) is 4.74 Å². The standard InChI is InChI=1S/C17H18F2O/c1-2-3-4-11-20-17-10-7-14(12-16(17)19)13-5-8-15(18)9-6-13/h5-10,12H,2-4,11H2,1H3. The molecule has 0 amide bonds. The SMILES string of the molecule is CCCCCOc1ccc(-c2ccc(F)cc2)cc1F. The van der Waals surface area contributed by atoms with E-state index >= 15 is 0 Å². The molecule has 0 atom stereocenters. The monoisotopic (exact) mass is 276 g/mol. The van der Waals surface area contributed by atoms with Gasteiger partial charge in [-0.25, -0.2) is 8.78 Å². The highest BCUT2D eigenvalue weighted by Gasteiger charge is 2.06. The molecule has 0 saturated heterocycles. The van der Waals surface area contributed by atoms with Crippen molar-refractivity contribution >= 4 is 0 Å². The summed E-state index contributed by atoms with van der Waals surface area (Å²) in [5, 5.41) is 0. The first-order valence-electron chi connectivity index (χ1n) is 6.89. The van der Waals surface area contributed by atoms with E-state index < -0.39 is 0 Å². The lowest BCUT2D eigenvalue weighted by Gasteiger charge is -2.08. The fourth-order valence-corrected chi connectivity index (χ4v) is 1.97. The second-order valence-electron chi connectivity index (χ2n) is 4.71. The van der Waals surface area contributed by atoms with Gasteiger partial charge >= 0.3 is 0 Å². The van der Waals surface area contributed by atoms with Gasteiger partial charge in [-0.3, -0.25) is 0 Å². The second kappa shape index (κ2) is 7.04. The number of benzene rings is 2. The van der Waals surface area contributed by atoms with Crippen LogP contribution >= 0.6 is 0 Å². The van der Waals surface area contributed by atoms with Crippen molar-refractivity contribution in [2.75, 3.05) is 6.61 Å². The van der Waals surface area contributed by atoms with Crippen LogP contribution in [0.15, 0.2) is 42.5 Å². The van der Waals surface area contributed by atoms with Gasteiger partial charge in [-0.1, -0.05) is 38.0 Å². The van der Waals surface area contributed by atoms with Crippen LogP contribution in [-0.4, -0.2) is 6.61 Å². The van der Waals surface area contributed by atoms with Crippen molar-refractivity contribution in [2.24, 2.45) is 0 Å².